The number of para-hydroxylation sites is 1. The van der Waals surface area contributed by atoms with Crippen LogP contribution >= 0.6 is 0 Å². The molecule has 2 heterocycles. The fourth-order valence-electron chi connectivity index (χ4n) is 3.77. The van der Waals surface area contributed by atoms with E-state index in [2.05, 4.69) is 61.5 Å². The number of benzene rings is 1. The molecule has 2 aromatic rings. The quantitative estimate of drug-likeness (QED) is 0.832. The summed E-state index contributed by atoms with van der Waals surface area (Å²) in [5, 5.41) is 8.54. The molecule has 1 aliphatic heterocycles. The Morgan fingerprint density at radius 1 is 1.24 bits per heavy atom. The van der Waals surface area contributed by atoms with Gasteiger partial charge >= 0.3 is 0 Å². The highest BCUT2D eigenvalue weighted by molar-refractivity contribution is 5.33. The first-order valence-corrected chi connectivity index (χ1v) is 9.74. The van der Waals surface area contributed by atoms with E-state index in [9.17, 15) is 0 Å². The van der Waals surface area contributed by atoms with E-state index >= 15 is 0 Å². The molecular weight excluding hydrogens is 308 g/mol. The molecule has 4 heteroatoms. The van der Waals surface area contributed by atoms with Crippen molar-refractivity contribution < 1.29 is 0 Å². The molecule has 136 valence electrons. The van der Waals surface area contributed by atoms with Gasteiger partial charge in [-0.15, -0.1) is 0 Å². The SMILES string of the molecule is CCN1CCC[C@H](CNCc2cn(-c3ccccc3)nc2C(C)C)C1. The normalized spacial score (nSPS) is 18.8. The molecule has 1 N–H and O–H groups in total. The fourth-order valence-corrected chi connectivity index (χ4v) is 3.77. The zero-order chi connectivity index (χ0) is 17.6. The molecule has 1 aliphatic rings. The number of aromatic nitrogens is 2. The molecular formula is C21H32N4. The van der Waals surface area contributed by atoms with Crippen molar-refractivity contribution in [3.8, 4) is 5.69 Å². The maximum absolute atomic E-state index is 4.84. The minimum absolute atomic E-state index is 0.437. The summed E-state index contributed by atoms with van der Waals surface area (Å²) in [7, 11) is 0. The summed E-state index contributed by atoms with van der Waals surface area (Å²) in [5.74, 6) is 1.22. The Kier molecular flexibility index (Phi) is 6.27. The van der Waals surface area contributed by atoms with Crippen LogP contribution in [0.3, 0.4) is 0 Å². The topological polar surface area (TPSA) is 33.1 Å². The van der Waals surface area contributed by atoms with Crippen molar-refractivity contribution in [2.75, 3.05) is 26.2 Å². The van der Waals surface area contributed by atoms with Gasteiger partial charge < -0.3 is 10.2 Å². The maximum Gasteiger partial charge on any atom is 0.0699 e. The summed E-state index contributed by atoms with van der Waals surface area (Å²) >= 11 is 0. The van der Waals surface area contributed by atoms with Crippen molar-refractivity contribution in [2.45, 2.75) is 46.1 Å². The van der Waals surface area contributed by atoms with Gasteiger partial charge in [0.25, 0.3) is 0 Å². The average molecular weight is 341 g/mol. The second-order valence-electron chi connectivity index (χ2n) is 7.51. The Hall–Kier alpha value is -1.65. The maximum atomic E-state index is 4.84. The zero-order valence-corrected chi connectivity index (χ0v) is 15.9. The lowest BCUT2D eigenvalue weighted by molar-refractivity contribution is 0.180. The molecule has 0 unspecified atom stereocenters. The van der Waals surface area contributed by atoms with Gasteiger partial charge in [-0.05, 0) is 56.4 Å². The summed E-state index contributed by atoms with van der Waals surface area (Å²) in [5.41, 5.74) is 3.65. The van der Waals surface area contributed by atoms with Crippen LogP contribution in [0.2, 0.25) is 0 Å². The van der Waals surface area contributed by atoms with Gasteiger partial charge in [0.2, 0.25) is 0 Å². The van der Waals surface area contributed by atoms with E-state index in [-0.39, 0.29) is 0 Å². The number of likely N-dealkylation sites (tertiary alicyclic amines) is 1. The highest BCUT2D eigenvalue weighted by Gasteiger charge is 2.19. The standard InChI is InChI=1S/C21H32N4/c1-4-24-12-8-9-18(15-24)13-22-14-19-16-25(23-21(19)17(2)3)20-10-6-5-7-11-20/h5-7,10-11,16-18,22H,4,8-9,12-15H2,1-3H3/t18-/m1/s1. The summed E-state index contributed by atoms with van der Waals surface area (Å²) in [6, 6.07) is 10.4. The lowest BCUT2D eigenvalue weighted by Gasteiger charge is -2.31. The molecule has 0 radical (unpaired) electrons. The van der Waals surface area contributed by atoms with Crippen LogP contribution in [0.1, 0.15) is 50.8 Å². The molecule has 1 aromatic heterocycles. The molecule has 0 aliphatic carbocycles. The molecule has 0 bridgehead atoms. The van der Waals surface area contributed by atoms with E-state index in [1.165, 1.54) is 43.7 Å². The predicted molar refractivity (Wildman–Crippen MR) is 104 cm³/mol. The van der Waals surface area contributed by atoms with Crippen LogP contribution in [-0.4, -0.2) is 40.9 Å². The Morgan fingerprint density at radius 3 is 2.76 bits per heavy atom. The van der Waals surface area contributed by atoms with Crippen molar-refractivity contribution in [3.63, 3.8) is 0 Å². The van der Waals surface area contributed by atoms with Gasteiger partial charge in [-0.25, -0.2) is 4.68 Å². The molecule has 1 aromatic carbocycles. The predicted octanol–water partition coefficient (Wildman–Crippen LogP) is 3.82. The number of piperidine rings is 1. The van der Waals surface area contributed by atoms with E-state index in [0.717, 1.165) is 24.7 Å². The molecule has 0 saturated carbocycles. The van der Waals surface area contributed by atoms with Crippen LogP contribution in [0.15, 0.2) is 36.5 Å². The van der Waals surface area contributed by atoms with Crippen molar-refractivity contribution in [1.29, 1.82) is 0 Å². The number of hydrogen-bond donors (Lipinski definition) is 1. The molecule has 1 atom stereocenters. The molecule has 1 fully saturated rings. The van der Waals surface area contributed by atoms with E-state index in [1.54, 1.807) is 0 Å². The highest BCUT2D eigenvalue weighted by Crippen LogP contribution is 2.20. The van der Waals surface area contributed by atoms with Crippen molar-refractivity contribution >= 4 is 0 Å². The summed E-state index contributed by atoms with van der Waals surface area (Å²) in [6.07, 6.45) is 4.88. The number of nitrogens with one attached hydrogen (secondary N) is 1. The third kappa shape index (κ3) is 4.71. The van der Waals surface area contributed by atoms with Gasteiger partial charge in [0.15, 0.2) is 0 Å². The smallest absolute Gasteiger partial charge is 0.0699 e. The zero-order valence-electron chi connectivity index (χ0n) is 15.9. The van der Waals surface area contributed by atoms with E-state index in [4.69, 9.17) is 5.10 Å². The molecule has 4 nitrogen and oxygen atoms in total. The van der Waals surface area contributed by atoms with Crippen LogP contribution in [0.25, 0.3) is 5.69 Å². The van der Waals surface area contributed by atoms with Gasteiger partial charge in [0.05, 0.1) is 11.4 Å². The summed E-state index contributed by atoms with van der Waals surface area (Å²) in [6.45, 7) is 12.4. The minimum Gasteiger partial charge on any atom is -0.312 e. The minimum atomic E-state index is 0.437. The van der Waals surface area contributed by atoms with Crippen LogP contribution in [0, 0.1) is 5.92 Å². The van der Waals surface area contributed by atoms with Gasteiger partial charge in [-0.2, -0.15) is 5.10 Å². The molecule has 25 heavy (non-hydrogen) atoms. The van der Waals surface area contributed by atoms with Crippen LogP contribution in [-0.2, 0) is 6.54 Å². The second-order valence-corrected chi connectivity index (χ2v) is 7.51. The average Bonchev–Trinajstić information content (AvgIpc) is 3.07. The Labute approximate surface area is 152 Å². The fraction of sp³-hybridized carbons (Fsp3) is 0.571. The first-order valence-electron chi connectivity index (χ1n) is 9.74. The van der Waals surface area contributed by atoms with Crippen molar-refractivity contribution in [3.05, 3.63) is 47.8 Å². The monoisotopic (exact) mass is 340 g/mol. The van der Waals surface area contributed by atoms with Crippen molar-refractivity contribution in [1.82, 2.24) is 20.0 Å². The number of hydrogen-bond acceptors (Lipinski definition) is 3. The lowest BCUT2D eigenvalue weighted by Crippen LogP contribution is -2.39. The van der Waals surface area contributed by atoms with Crippen LogP contribution in [0.5, 0.6) is 0 Å². The van der Waals surface area contributed by atoms with E-state index < -0.39 is 0 Å². The number of nitrogens with zero attached hydrogens (tertiary/aromatic N) is 3. The highest BCUT2D eigenvalue weighted by atomic mass is 15.3. The molecule has 0 amide bonds. The molecule has 3 rings (SSSR count). The van der Waals surface area contributed by atoms with E-state index in [1.807, 2.05) is 10.7 Å². The second kappa shape index (κ2) is 8.63. The third-order valence-corrected chi connectivity index (χ3v) is 5.19. The summed E-state index contributed by atoms with van der Waals surface area (Å²) in [4.78, 5) is 2.57. The molecule has 1 saturated heterocycles. The first-order chi connectivity index (χ1) is 12.2. The summed E-state index contributed by atoms with van der Waals surface area (Å²) < 4.78 is 2.02. The largest absolute Gasteiger partial charge is 0.312 e. The Bertz CT molecular complexity index is 647. The van der Waals surface area contributed by atoms with Gasteiger partial charge in [0.1, 0.15) is 0 Å². The number of rotatable bonds is 7. The van der Waals surface area contributed by atoms with Crippen LogP contribution in [0.4, 0.5) is 0 Å². The van der Waals surface area contributed by atoms with Crippen LogP contribution < -0.4 is 5.32 Å². The van der Waals surface area contributed by atoms with E-state index in [0.29, 0.717) is 5.92 Å². The lowest BCUT2D eigenvalue weighted by atomic mass is 9.98. The third-order valence-electron chi connectivity index (χ3n) is 5.19. The molecule has 0 spiro atoms. The van der Waals surface area contributed by atoms with Crippen molar-refractivity contribution in [2.24, 2.45) is 5.92 Å². The van der Waals surface area contributed by atoms with Gasteiger partial charge in [-0.3, -0.25) is 0 Å². The van der Waals surface area contributed by atoms with Gasteiger partial charge in [0, 0.05) is 24.8 Å². The Morgan fingerprint density at radius 2 is 2.04 bits per heavy atom. The van der Waals surface area contributed by atoms with Gasteiger partial charge in [-0.1, -0.05) is 39.0 Å². The first kappa shape index (κ1) is 18.2. The Balaban J connectivity index is 1.62.